The third-order valence-corrected chi connectivity index (χ3v) is 6.37. The van der Waals surface area contributed by atoms with E-state index >= 15 is 0 Å². The van der Waals surface area contributed by atoms with Crippen molar-refractivity contribution in [2.45, 2.75) is 93.2 Å². The fourth-order valence-electron chi connectivity index (χ4n) is 4.51. The summed E-state index contributed by atoms with van der Waals surface area (Å²) in [5.41, 5.74) is 8.78. The Morgan fingerprint density at radius 2 is 1.03 bits per heavy atom. The van der Waals surface area contributed by atoms with Gasteiger partial charge >= 0.3 is 37.9 Å². The first-order valence-electron chi connectivity index (χ1n) is 13.3. The molecule has 0 fully saturated rings. The van der Waals surface area contributed by atoms with Crippen LogP contribution in [0.5, 0.6) is 0 Å². The number of hydrogen-bond acceptors (Lipinski definition) is 0. The summed E-state index contributed by atoms with van der Waals surface area (Å²) < 4.78 is 0. The second-order valence-electron chi connectivity index (χ2n) is 9.24. The van der Waals surface area contributed by atoms with Crippen LogP contribution in [0.4, 0.5) is 0 Å². The summed E-state index contributed by atoms with van der Waals surface area (Å²) in [5.74, 6) is 0. The van der Waals surface area contributed by atoms with Gasteiger partial charge in [0.2, 0.25) is 0 Å². The Kier molecular flexibility index (Phi) is 17.2. The predicted octanol–water partition coefficient (Wildman–Crippen LogP) is 10.9. The van der Waals surface area contributed by atoms with Crippen LogP contribution in [0.2, 0.25) is 13.1 Å². The number of hydrogen-bond donors (Lipinski definition) is 0. The van der Waals surface area contributed by atoms with Crippen LogP contribution in [0.3, 0.4) is 0 Å². The molecule has 0 atom stereocenters. The topological polar surface area (TPSA) is 0 Å². The quantitative estimate of drug-likeness (QED) is 0.149. The van der Waals surface area contributed by atoms with Crippen molar-refractivity contribution in [3.05, 3.63) is 81.9 Å². The van der Waals surface area contributed by atoms with Crippen molar-refractivity contribution in [1.29, 1.82) is 0 Å². The fourth-order valence-corrected chi connectivity index (χ4v) is 4.51. The van der Waals surface area contributed by atoms with Crippen LogP contribution in [-0.2, 0) is 46.5 Å². The van der Waals surface area contributed by atoms with Gasteiger partial charge in [0.1, 0.15) is 0 Å². The molecule has 0 unspecified atom stereocenters. The molecule has 4 rings (SSSR count). The Morgan fingerprint density at radius 3 is 1.31 bits per heavy atom. The third kappa shape index (κ3) is 9.90. The van der Waals surface area contributed by atoms with Crippen molar-refractivity contribution in [2.75, 3.05) is 0 Å². The number of benzene rings is 2. The molecule has 4 heteroatoms. The van der Waals surface area contributed by atoms with Crippen molar-refractivity contribution in [3.8, 4) is 0 Å². The van der Waals surface area contributed by atoms with Crippen LogP contribution in [0, 0.1) is 13.8 Å². The van der Waals surface area contributed by atoms with Gasteiger partial charge in [0.25, 0.3) is 0 Å². The average molecular weight is 619 g/mol. The number of fused-ring (bicyclic) bond motifs is 2. The summed E-state index contributed by atoms with van der Waals surface area (Å²) in [6.07, 6.45) is 7.13. The zero-order valence-electron chi connectivity index (χ0n) is 23.6. The molecule has 0 aliphatic rings. The Bertz CT molecular complexity index is 1060. The summed E-state index contributed by atoms with van der Waals surface area (Å²) in [7, 11) is 11.0. The Hall–Kier alpha value is -0.660. The van der Waals surface area contributed by atoms with Gasteiger partial charge in [-0.05, 0) is 25.7 Å². The van der Waals surface area contributed by atoms with E-state index in [1.165, 1.54) is 80.6 Å². The van der Waals surface area contributed by atoms with E-state index in [4.69, 9.17) is 17.0 Å². The Morgan fingerprint density at radius 1 is 0.694 bits per heavy atom. The number of aryl methyl sites for hydroxylation is 6. The van der Waals surface area contributed by atoms with Gasteiger partial charge in [-0.25, -0.2) is 0 Å². The Balaban J connectivity index is 0.000000296. The van der Waals surface area contributed by atoms with E-state index in [0.29, 0.717) is 0 Å². The zero-order valence-corrected chi connectivity index (χ0v) is 28.6. The van der Waals surface area contributed by atoms with E-state index in [1.54, 1.807) is 0 Å². The van der Waals surface area contributed by atoms with Gasteiger partial charge in [-0.1, -0.05) is 90.7 Å². The first kappa shape index (κ1) is 33.4. The van der Waals surface area contributed by atoms with E-state index < -0.39 is 20.8 Å². The van der Waals surface area contributed by atoms with E-state index in [1.807, 2.05) is 0 Å². The first-order valence-corrected chi connectivity index (χ1v) is 21.6. The Labute approximate surface area is 242 Å². The molecule has 36 heavy (non-hydrogen) atoms. The molecule has 0 bridgehead atoms. The molecular weight excluding hydrogens is 575 g/mol. The van der Waals surface area contributed by atoms with E-state index in [-0.39, 0.29) is 0 Å². The number of halogens is 2. The molecule has 4 aromatic rings. The van der Waals surface area contributed by atoms with Crippen molar-refractivity contribution in [2.24, 2.45) is 0 Å². The number of rotatable bonds is 6. The molecule has 0 nitrogen and oxygen atoms in total. The van der Waals surface area contributed by atoms with Crippen molar-refractivity contribution < 1.29 is 20.8 Å². The average Bonchev–Trinajstić information content (AvgIpc) is 3.50. The normalized spacial score (nSPS) is 10.1. The fraction of sp³-hybridized carbons (Fsp3) is 0.438. The third-order valence-electron chi connectivity index (χ3n) is 6.37. The SMILES string of the molecule is CCCc1ccc(C)c2[cH-]c(CC)cc12.CCCc1ccc(C)c2[cH-]c(CC)cc12.C[Si]C.[Cl][Zr+2][Cl]. The molecule has 4 aromatic carbocycles. The summed E-state index contributed by atoms with van der Waals surface area (Å²) >= 11 is -0.826. The minimum absolute atomic E-state index is 0.826. The molecule has 2 radical (unpaired) electrons. The van der Waals surface area contributed by atoms with E-state index in [0.717, 1.165) is 22.4 Å². The second-order valence-corrected chi connectivity index (χ2v) is 14.0. The maximum absolute atomic E-state index is 4.93. The van der Waals surface area contributed by atoms with Crippen LogP contribution >= 0.6 is 17.0 Å². The van der Waals surface area contributed by atoms with Gasteiger partial charge in [0.05, 0.1) is 0 Å². The van der Waals surface area contributed by atoms with Crippen LogP contribution in [0.15, 0.2) is 48.5 Å². The standard InChI is InChI=1S/2C15H19.C2H6Si.2ClH.Zr/c2*1-4-6-13-8-7-11(3)14-9-12(5-2)10-15(13)14;1-3-2;;;/h2*7-10H,4-6H2,1-3H3;1-2H3;2*1H;/q2*-1;;;;+4/p-2. The van der Waals surface area contributed by atoms with Gasteiger partial charge in [-0.3, -0.25) is 0 Å². The molecule has 0 amide bonds. The first-order chi connectivity index (χ1) is 17.3. The minimum atomic E-state index is -0.826. The molecule has 0 heterocycles. The molecule has 194 valence electrons. The summed E-state index contributed by atoms with van der Waals surface area (Å²) in [6.45, 7) is 17.7. The monoisotopic (exact) mass is 616 g/mol. The molecule has 0 spiro atoms. The molecule has 0 aliphatic heterocycles. The summed E-state index contributed by atoms with van der Waals surface area (Å²) in [4.78, 5) is 0. The van der Waals surface area contributed by atoms with E-state index in [2.05, 4.69) is 103 Å². The van der Waals surface area contributed by atoms with Gasteiger partial charge in [0, 0.05) is 9.52 Å². The van der Waals surface area contributed by atoms with Gasteiger partial charge in [-0.15, -0.1) is 68.1 Å². The van der Waals surface area contributed by atoms with Gasteiger partial charge < -0.3 is 0 Å². The van der Waals surface area contributed by atoms with Gasteiger partial charge in [-0.2, -0.15) is 12.1 Å². The molecule has 0 aliphatic carbocycles. The zero-order chi connectivity index (χ0) is 27.1. The van der Waals surface area contributed by atoms with E-state index in [9.17, 15) is 0 Å². The van der Waals surface area contributed by atoms with Crippen molar-refractivity contribution in [3.63, 3.8) is 0 Å². The van der Waals surface area contributed by atoms with Crippen LogP contribution < -0.4 is 0 Å². The van der Waals surface area contributed by atoms with Crippen LogP contribution in [0.1, 0.15) is 73.9 Å². The van der Waals surface area contributed by atoms with Crippen LogP contribution in [-0.4, -0.2) is 9.52 Å². The second kappa shape index (κ2) is 18.6. The molecule has 0 saturated heterocycles. The predicted molar refractivity (Wildman–Crippen MR) is 164 cm³/mol. The molecule has 0 N–H and O–H groups in total. The summed E-state index contributed by atoms with van der Waals surface area (Å²) in [5, 5.41) is 5.87. The molecule has 0 saturated carbocycles. The van der Waals surface area contributed by atoms with Gasteiger partial charge in [0.15, 0.2) is 0 Å². The van der Waals surface area contributed by atoms with Crippen molar-refractivity contribution in [1.82, 2.24) is 0 Å². The van der Waals surface area contributed by atoms with Crippen molar-refractivity contribution >= 4 is 48.1 Å². The molecule has 0 aromatic heterocycles. The maximum atomic E-state index is 4.93. The summed E-state index contributed by atoms with van der Waals surface area (Å²) in [6, 6.07) is 18.5. The van der Waals surface area contributed by atoms with Crippen LogP contribution in [0.25, 0.3) is 21.5 Å². The molecular formula is C32H44Cl2SiZr.